The van der Waals surface area contributed by atoms with E-state index in [1.54, 1.807) is 7.11 Å². The van der Waals surface area contributed by atoms with Gasteiger partial charge in [-0.15, -0.1) is 0 Å². The average molecular weight is 209 g/mol. The molecule has 0 aromatic heterocycles. The van der Waals surface area contributed by atoms with E-state index in [9.17, 15) is 5.26 Å². The highest BCUT2D eigenvalue weighted by atomic mass is 16.5. The summed E-state index contributed by atoms with van der Waals surface area (Å²) in [6.07, 6.45) is 5.47. The van der Waals surface area contributed by atoms with Crippen molar-refractivity contribution < 1.29 is 4.74 Å². The first-order valence-corrected chi connectivity index (χ1v) is 6.04. The summed E-state index contributed by atoms with van der Waals surface area (Å²) in [7, 11) is 1.71. The SMILES string of the molecule is COCCC1(C#N)CCC(C(C)C)CC1. The van der Waals surface area contributed by atoms with Gasteiger partial charge < -0.3 is 4.74 Å². The molecule has 1 fully saturated rings. The molecular weight excluding hydrogens is 186 g/mol. The normalized spacial score (nSPS) is 31.5. The minimum Gasteiger partial charge on any atom is -0.385 e. The first-order chi connectivity index (χ1) is 7.13. The smallest absolute Gasteiger partial charge is 0.0690 e. The lowest BCUT2D eigenvalue weighted by Gasteiger charge is -2.36. The van der Waals surface area contributed by atoms with E-state index < -0.39 is 0 Å². The number of methoxy groups -OCH3 is 1. The zero-order chi connectivity index (χ0) is 11.3. The first-order valence-electron chi connectivity index (χ1n) is 6.04. The zero-order valence-corrected chi connectivity index (χ0v) is 10.3. The van der Waals surface area contributed by atoms with Crippen LogP contribution in [0.15, 0.2) is 0 Å². The van der Waals surface area contributed by atoms with E-state index in [1.165, 1.54) is 12.8 Å². The molecule has 1 aliphatic rings. The fourth-order valence-electron chi connectivity index (χ4n) is 2.57. The van der Waals surface area contributed by atoms with Crippen molar-refractivity contribution in [1.82, 2.24) is 0 Å². The summed E-state index contributed by atoms with van der Waals surface area (Å²) in [5.41, 5.74) is -0.0819. The van der Waals surface area contributed by atoms with Crippen LogP contribution in [0.5, 0.6) is 0 Å². The molecule has 0 heterocycles. The Morgan fingerprint density at radius 2 is 2.00 bits per heavy atom. The van der Waals surface area contributed by atoms with Crippen LogP contribution in [0.4, 0.5) is 0 Å². The Hall–Kier alpha value is -0.550. The van der Waals surface area contributed by atoms with Crippen molar-refractivity contribution >= 4 is 0 Å². The second-order valence-electron chi connectivity index (χ2n) is 5.22. The second kappa shape index (κ2) is 5.51. The van der Waals surface area contributed by atoms with Crippen molar-refractivity contribution in [1.29, 1.82) is 5.26 Å². The third-order valence-electron chi connectivity index (χ3n) is 3.95. The number of rotatable bonds is 4. The van der Waals surface area contributed by atoms with Crippen LogP contribution in [-0.2, 0) is 4.74 Å². The summed E-state index contributed by atoms with van der Waals surface area (Å²) in [4.78, 5) is 0. The van der Waals surface area contributed by atoms with Crippen LogP contribution in [-0.4, -0.2) is 13.7 Å². The fourth-order valence-corrected chi connectivity index (χ4v) is 2.57. The molecule has 1 saturated carbocycles. The molecule has 1 aliphatic carbocycles. The largest absolute Gasteiger partial charge is 0.385 e. The number of ether oxygens (including phenoxy) is 1. The second-order valence-corrected chi connectivity index (χ2v) is 5.22. The molecule has 0 bridgehead atoms. The third kappa shape index (κ3) is 3.21. The van der Waals surface area contributed by atoms with E-state index in [2.05, 4.69) is 19.9 Å². The van der Waals surface area contributed by atoms with Gasteiger partial charge in [-0.2, -0.15) is 5.26 Å². The average Bonchev–Trinajstić information content (AvgIpc) is 2.27. The van der Waals surface area contributed by atoms with Crippen LogP contribution in [0.25, 0.3) is 0 Å². The van der Waals surface area contributed by atoms with Crippen LogP contribution in [0.2, 0.25) is 0 Å². The van der Waals surface area contributed by atoms with Gasteiger partial charge in [-0.3, -0.25) is 0 Å². The van der Waals surface area contributed by atoms with E-state index in [0.717, 1.165) is 37.7 Å². The molecule has 0 aromatic carbocycles. The maximum absolute atomic E-state index is 9.29. The van der Waals surface area contributed by atoms with Crippen LogP contribution in [0, 0.1) is 28.6 Å². The molecular formula is C13H23NO. The molecule has 0 saturated heterocycles. The molecule has 0 radical (unpaired) electrons. The lowest BCUT2D eigenvalue weighted by atomic mass is 9.67. The Bertz CT molecular complexity index is 221. The lowest BCUT2D eigenvalue weighted by molar-refractivity contribution is 0.113. The summed E-state index contributed by atoms with van der Waals surface area (Å²) in [5, 5.41) is 9.29. The number of hydrogen-bond donors (Lipinski definition) is 0. The molecule has 2 nitrogen and oxygen atoms in total. The van der Waals surface area contributed by atoms with Gasteiger partial charge in [0, 0.05) is 13.7 Å². The summed E-state index contributed by atoms with van der Waals surface area (Å²) in [6.45, 7) is 5.30. The standard InChI is InChI=1S/C13H23NO/c1-11(2)12-4-6-13(10-14,7-5-12)8-9-15-3/h11-12H,4-9H2,1-3H3. The minimum absolute atomic E-state index is 0.0819. The highest BCUT2D eigenvalue weighted by molar-refractivity contribution is 5.01. The van der Waals surface area contributed by atoms with Crippen molar-refractivity contribution in [2.24, 2.45) is 17.3 Å². The van der Waals surface area contributed by atoms with Gasteiger partial charge >= 0.3 is 0 Å². The van der Waals surface area contributed by atoms with Crippen LogP contribution < -0.4 is 0 Å². The summed E-state index contributed by atoms with van der Waals surface area (Å²) >= 11 is 0. The molecule has 0 N–H and O–H groups in total. The van der Waals surface area contributed by atoms with Gasteiger partial charge in [0.1, 0.15) is 0 Å². The van der Waals surface area contributed by atoms with E-state index >= 15 is 0 Å². The molecule has 86 valence electrons. The Morgan fingerprint density at radius 3 is 2.40 bits per heavy atom. The highest BCUT2D eigenvalue weighted by Gasteiger charge is 2.35. The minimum atomic E-state index is -0.0819. The van der Waals surface area contributed by atoms with E-state index in [4.69, 9.17) is 4.74 Å². The summed E-state index contributed by atoms with van der Waals surface area (Å²) in [6, 6.07) is 2.53. The van der Waals surface area contributed by atoms with Crippen LogP contribution >= 0.6 is 0 Å². The third-order valence-corrected chi connectivity index (χ3v) is 3.95. The van der Waals surface area contributed by atoms with Gasteiger partial charge in [-0.25, -0.2) is 0 Å². The van der Waals surface area contributed by atoms with Gasteiger partial charge in [-0.05, 0) is 43.9 Å². The van der Waals surface area contributed by atoms with Crippen molar-refractivity contribution in [3.05, 3.63) is 0 Å². The molecule has 0 aromatic rings. The molecule has 0 atom stereocenters. The molecule has 0 amide bonds. The van der Waals surface area contributed by atoms with E-state index in [0.29, 0.717) is 0 Å². The maximum Gasteiger partial charge on any atom is 0.0690 e. The lowest BCUT2D eigenvalue weighted by Crippen LogP contribution is -2.29. The summed E-state index contributed by atoms with van der Waals surface area (Å²) in [5.74, 6) is 1.60. The van der Waals surface area contributed by atoms with Crippen molar-refractivity contribution in [2.45, 2.75) is 46.0 Å². The summed E-state index contributed by atoms with van der Waals surface area (Å²) < 4.78 is 5.09. The Labute approximate surface area is 93.6 Å². The predicted octanol–water partition coefficient (Wildman–Crippen LogP) is 3.38. The molecule has 0 spiro atoms. The number of hydrogen-bond acceptors (Lipinski definition) is 2. The van der Waals surface area contributed by atoms with Crippen LogP contribution in [0.1, 0.15) is 46.0 Å². The van der Waals surface area contributed by atoms with Gasteiger partial charge in [0.15, 0.2) is 0 Å². The predicted molar refractivity (Wildman–Crippen MR) is 61.3 cm³/mol. The molecule has 0 aliphatic heterocycles. The van der Waals surface area contributed by atoms with Crippen molar-refractivity contribution in [3.8, 4) is 6.07 Å². The van der Waals surface area contributed by atoms with Crippen LogP contribution in [0.3, 0.4) is 0 Å². The Morgan fingerprint density at radius 1 is 1.40 bits per heavy atom. The van der Waals surface area contributed by atoms with E-state index in [1.807, 2.05) is 0 Å². The zero-order valence-electron chi connectivity index (χ0n) is 10.3. The Balaban J connectivity index is 2.48. The fraction of sp³-hybridized carbons (Fsp3) is 0.923. The quantitative estimate of drug-likeness (QED) is 0.711. The van der Waals surface area contributed by atoms with Gasteiger partial charge in [0.25, 0.3) is 0 Å². The van der Waals surface area contributed by atoms with E-state index in [-0.39, 0.29) is 5.41 Å². The van der Waals surface area contributed by atoms with Gasteiger partial charge in [-0.1, -0.05) is 13.8 Å². The molecule has 1 rings (SSSR count). The molecule has 0 unspecified atom stereocenters. The number of nitriles is 1. The topological polar surface area (TPSA) is 33.0 Å². The monoisotopic (exact) mass is 209 g/mol. The number of nitrogens with zero attached hydrogens (tertiary/aromatic N) is 1. The highest BCUT2D eigenvalue weighted by Crippen LogP contribution is 2.43. The Kier molecular flexibility index (Phi) is 4.60. The maximum atomic E-state index is 9.29. The van der Waals surface area contributed by atoms with Gasteiger partial charge in [0.05, 0.1) is 11.5 Å². The molecule has 2 heteroatoms. The molecule has 15 heavy (non-hydrogen) atoms. The van der Waals surface area contributed by atoms with Crippen molar-refractivity contribution in [3.63, 3.8) is 0 Å². The van der Waals surface area contributed by atoms with Gasteiger partial charge in [0.2, 0.25) is 0 Å². The van der Waals surface area contributed by atoms with Crippen molar-refractivity contribution in [2.75, 3.05) is 13.7 Å². The first kappa shape index (κ1) is 12.5.